The van der Waals surface area contributed by atoms with Gasteiger partial charge in [0.1, 0.15) is 0 Å². The summed E-state index contributed by atoms with van der Waals surface area (Å²) in [5, 5.41) is 0.741. The largest absolute Gasteiger partial charge is 0.271 e. The van der Waals surface area contributed by atoms with Gasteiger partial charge in [-0.25, -0.2) is 0 Å². The molecule has 0 aliphatic heterocycles. The predicted octanol–water partition coefficient (Wildman–Crippen LogP) is 3.40. The van der Waals surface area contributed by atoms with E-state index in [1.807, 2.05) is 24.3 Å². The molecule has 18 heavy (non-hydrogen) atoms. The Hall–Kier alpha value is -1.35. The summed E-state index contributed by atoms with van der Waals surface area (Å²) in [6.45, 7) is 2.09. The minimum Gasteiger partial charge on any atom is -0.271 e. The highest BCUT2D eigenvalue weighted by atomic mass is 35.5. The van der Waals surface area contributed by atoms with Crippen molar-refractivity contribution in [2.24, 2.45) is 5.84 Å². The van der Waals surface area contributed by atoms with Crippen molar-refractivity contribution >= 4 is 11.6 Å². The Morgan fingerprint density at radius 2 is 1.89 bits per heavy atom. The van der Waals surface area contributed by atoms with E-state index in [4.69, 9.17) is 17.4 Å². The van der Waals surface area contributed by atoms with Crippen LogP contribution in [0.2, 0.25) is 5.02 Å². The van der Waals surface area contributed by atoms with Crippen molar-refractivity contribution in [1.82, 2.24) is 5.43 Å². The molecular weight excluding hydrogens is 244 g/mol. The number of halogens is 1. The van der Waals surface area contributed by atoms with Crippen LogP contribution in [0.3, 0.4) is 0 Å². The van der Waals surface area contributed by atoms with Gasteiger partial charge >= 0.3 is 0 Å². The lowest BCUT2D eigenvalue weighted by Gasteiger charge is -2.16. The van der Waals surface area contributed by atoms with Crippen molar-refractivity contribution in [2.45, 2.75) is 19.4 Å². The number of hydrazine groups is 1. The molecule has 0 heterocycles. The maximum atomic E-state index is 5.89. The van der Waals surface area contributed by atoms with Gasteiger partial charge in [0.2, 0.25) is 0 Å². The molecule has 0 spiro atoms. The highest BCUT2D eigenvalue weighted by molar-refractivity contribution is 6.30. The van der Waals surface area contributed by atoms with Crippen LogP contribution in [0.5, 0.6) is 0 Å². The smallest absolute Gasteiger partial charge is 0.0500 e. The van der Waals surface area contributed by atoms with Gasteiger partial charge in [-0.2, -0.15) is 0 Å². The number of nitrogens with one attached hydrogen (secondary N) is 1. The minimum absolute atomic E-state index is 0.101. The summed E-state index contributed by atoms with van der Waals surface area (Å²) in [7, 11) is 0. The molecule has 2 aromatic rings. The fourth-order valence-electron chi connectivity index (χ4n) is 2.04. The zero-order chi connectivity index (χ0) is 13.0. The van der Waals surface area contributed by atoms with Crippen molar-refractivity contribution in [3.63, 3.8) is 0 Å². The number of hydrogen-bond donors (Lipinski definition) is 2. The van der Waals surface area contributed by atoms with Crippen LogP contribution in [0.25, 0.3) is 0 Å². The summed E-state index contributed by atoms with van der Waals surface area (Å²) in [5.41, 5.74) is 6.54. The summed E-state index contributed by atoms with van der Waals surface area (Å²) < 4.78 is 0. The maximum absolute atomic E-state index is 5.89. The molecule has 94 valence electrons. The van der Waals surface area contributed by atoms with E-state index in [9.17, 15) is 0 Å². The van der Waals surface area contributed by atoms with Crippen molar-refractivity contribution in [1.29, 1.82) is 0 Å². The van der Waals surface area contributed by atoms with E-state index in [2.05, 4.69) is 36.6 Å². The average Bonchev–Trinajstić information content (AvgIpc) is 2.37. The number of benzene rings is 2. The Bertz CT molecular complexity index is 508. The lowest BCUT2D eigenvalue weighted by atomic mass is 9.98. The zero-order valence-corrected chi connectivity index (χ0v) is 11.1. The molecule has 1 atom stereocenters. The Labute approximate surface area is 113 Å². The van der Waals surface area contributed by atoms with E-state index in [0.29, 0.717) is 0 Å². The van der Waals surface area contributed by atoms with Crippen LogP contribution >= 0.6 is 11.6 Å². The third kappa shape index (κ3) is 3.33. The van der Waals surface area contributed by atoms with Crippen molar-refractivity contribution < 1.29 is 0 Å². The third-order valence-electron chi connectivity index (χ3n) is 3.00. The number of rotatable bonds is 4. The molecule has 1 unspecified atom stereocenters. The van der Waals surface area contributed by atoms with Gasteiger partial charge < -0.3 is 0 Å². The van der Waals surface area contributed by atoms with Crippen LogP contribution in [0.1, 0.15) is 22.7 Å². The molecule has 0 bridgehead atoms. The van der Waals surface area contributed by atoms with Gasteiger partial charge in [0.15, 0.2) is 0 Å². The summed E-state index contributed by atoms with van der Waals surface area (Å²) in [5.74, 6) is 5.65. The summed E-state index contributed by atoms with van der Waals surface area (Å²) in [6, 6.07) is 16.3. The van der Waals surface area contributed by atoms with Crippen LogP contribution in [0.4, 0.5) is 0 Å². The summed E-state index contributed by atoms with van der Waals surface area (Å²) in [4.78, 5) is 0. The first kappa shape index (κ1) is 13.1. The maximum Gasteiger partial charge on any atom is 0.0500 e. The van der Waals surface area contributed by atoms with Crippen molar-refractivity contribution in [3.05, 3.63) is 70.2 Å². The van der Waals surface area contributed by atoms with Gasteiger partial charge in [0, 0.05) is 11.1 Å². The summed E-state index contributed by atoms with van der Waals surface area (Å²) >= 11 is 5.89. The average molecular weight is 261 g/mol. The topological polar surface area (TPSA) is 38.0 Å². The molecule has 3 heteroatoms. The highest BCUT2D eigenvalue weighted by Gasteiger charge is 2.10. The molecule has 0 aromatic heterocycles. The molecule has 0 saturated heterocycles. The van der Waals surface area contributed by atoms with Crippen LogP contribution in [-0.4, -0.2) is 0 Å². The molecule has 0 fully saturated rings. The molecular formula is C15H17ClN2. The lowest BCUT2D eigenvalue weighted by Crippen LogP contribution is -2.29. The second-order valence-corrected chi connectivity index (χ2v) is 4.90. The third-order valence-corrected chi connectivity index (χ3v) is 3.25. The molecule has 0 amide bonds. The van der Waals surface area contributed by atoms with Gasteiger partial charge in [-0.1, -0.05) is 53.6 Å². The van der Waals surface area contributed by atoms with E-state index in [0.717, 1.165) is 17.0 Å². The van der Waals surface area contributed by atoms with Crippen LogP contribution in [0.15, 0.2) is 48.5 Å². The Balaban J connectivity index is 2.17. The lowest BCUT2D eigenvalue weighted by molar-refractivity contribution is 0.552. The zero-order valence-electron chi connectivity index (χ0n) is 10.4. The molecule has 0 saturated carbocycles. The Kier molecular flexibility index (Phi) is 4.37. The fraction of sp³-hybridized carbons (Fsp3) is 0.200. The molecule has 2 aromatic carbocycles. The monoisotopic (exact) mass is 260 g/mol. The minimum atomic E-state index is 0.101. The predicted molar refractivity (Wildman–Crippen MR) is 76.4 cm³/mol. The van der Waals surface area contributed by atoms with Crippen molar-refractivity contribution in [2.75, 3.05) is 0 Å². The van der Waals surface area contributed by atoms with E-state index in [1.165, 1.54) is 11.1 Å². The fourth-order valence-corrected chi connectivity index (χ4v) is 2.17. The molecule has 0 aliphatic carbocycles. The van der Waals surface area contributed by atoms with Gasteiger partial charge in [-0.15, -0.1) is 0 Å². The SMILES string of the molecule is Cc1cccc(CC(NN)c2ccc(Cl)cc2)c1. The summed E-state index contributed by atoms with van der Waals surface area (Å²) in [6.07, 6.45) is 0.861. The van der Waals surface area contributed by atoms with E-state index in [-0.39, 0.29) is 6.04 Å². The number of nitrogens with two attached hydrogens (primary N) is 1. The van der Waals surface area contributed by atoms with E-state index >= 15 is 0 Å². The van der Waals surface area contributed by atoms with Crippen LogP contribution < -0.4 is 11.3 Å². The second kappa shape index (κ2) is 6.01. The van der Waals surface area contributed by atoms with Crippen LogP contribution in [0, 0.1) is 6.92 Å². The van der Waals surface area contributed by atoms with Crippen molar-refractivity contribution in [3.8, 4) is 0 Å². The van der Waals surface area contributed by atoms with E-state index < -0.39 is 0 Å². The van der Waals surface area contributed by atoms with Gasteiger partial charge in [-0.3, -0.25) is 11.3 Å². The highest BCUT2D eigenvalue weighted by Crippen LogP contribution is 2.20. The van der Waals surface area contributed by atoms with Gasteiger partial charge in [0.05, 0.1) is 0 Å². The number of aryl methyl sites for hydroxylation is 1. The quantitative estimate of drug-likeness (QED) is 0.653. The molecule has 0 radical (unpaired) electrons. The van der Waals surface area contributed by atoms with Gasteiger partial charge in [-0.05, 0) is 36.6 Å². The first-order valence-electron chi connectivity index (χ1n) is 5.96. The second-order valence-electron chi connectivity index (χ2n) is 4.46. The Morgan fingerprint density at radius 1 is 1.17 bits per heavy atom. The Morgan fingerprint density at radius 3 is 2.50 bits per heavy atom. The molecule has 0 aliphatic rings. The standard InChI is InChI=1S/C15H17ClN2/c1-11-3-2-4-12(9-11)10-15(18-17)13-5-7-14(16)8-6-13/h2-9,15,18H,10,17H2,1H3. The van der Waals surface area contributed by atoms with E-state index in [1.54, 1.807) is 0 Å². The van der Waals surface area contributed by atoms with Gasteiger partial charge in [0.25, 0.3) is 0 Å². The van der Waals surface area contributed by atoms with Crippen LogP contribution in [-0.2, 0) is 6.42 Å². The molecule has 2 rings (SSSR count). The molecule has 3 N–H and O–H groups in total. The normalized spacial score (nSPS) is 12.4. The first-order valence-corrected chi connectivity index (χ1v) is 6.34. The molecule has 2 nitrogen and oxygen atoms in total. The number of hydrogen-bond acceptors (Lipinski definition) is 2. The first-order chi connectivity index (χ1) is 8.69.